The summed E-state index contributed by atoms with van der Waals surface area (Å²) in [6.07, 6.45) is 5.58. The average molecular weight is 487 g/mol. The first-order chi connectivity index (χ1) is 15.6. The maximum atomic E-state index is 13.6. The topological polar surface area (TPSA) is 79.5 Å². The van der Waals surface area contributed by atoms with Gasteiger partial charge >= 0.3 is 15.5 Å². The number of halogens is 4. The fourth-order valence-electron chi connectivity index (χ4n) is 4.85. The van der Waals surface area contributed by atoms with Gasteiger partial charge in [0.05, 0.1) is 24.1 Å². The van der Waals surface area contributed by atoms with Crippen molar-refractivity contribution in [3.05, 3.63) is 53.6 Å². The molecule has 0 saturated heterocycles. The van der Waals surface area contributed by atoms with E-state index in [1.807, 2.05) is 4.90 Å². The second-order valence-corrected chi connectivity index (χ2v) is 10.7. The lowest BCUT2D eigenvalue weighted by atomic mass is 9.96. The van der Waals surface area contributed by atoms with Crippen LogP contribution in [-0.2, 0) is 23.1 Å². The number of aromatic nitrogens is 1. The van der Waals surface area contributed by atoms with Crippen LogP contribution in [0.25, 0.3) is 0 Å². The minimum atomic E-state index is -5.52. The number of pyridine rings is 1. The number of fused-ring (bicyclic) bond motifs is 1. The van der Waals surface area contributed by atoms with Gasteiger partial charge in [-0.3, -0.25) is 4.98 Å². The lowest BCUT2D eigenvalue weighted by Crippen LogP contribution is -2.47. The molecular weight excluding hydrogens is 460 g/mol. The van der Waals surface area contributed by atoms with Crippen molar-refractivity contribution in [1.82, 2.24) is 9.29 Å². The molecule has 0 radical (unpaired) electrons. The van der Waals surface area contributed by atoms with E-state index in [2.05, 4.69) is 4.98 Å². The zero-order valence-corrected chi connectivity index (χ0v) is 18.7. The van der Waals surface area contributed by atoms with Gasteiger partial charge in [0.1, 0.15) is 0 Å². The molecule has 1 aromatic carbocycles. The SMILES string of the molecule is Nc1cc(CN2c3ccccc3CN(S(=O)(=O)C(F)(F)F)CC2CC2CCCC2)ncc1F. The molecule has 2 aliphatic rings. The van der Waals surface area contributed by atoms with Crippen LogP contribution >= 0.6 is 0 Å². The standard InChI is InChI=1S/C22H26F4N4O2S/c23-19-11-28-17(10-20(19)27)13-30-18(9-15-5-1-2-6-15)14-29(33(31,32)22(24,25)26)12-16-7-3-4-8-21(16)30/h3-4,7-8,10-11,15,18H,1-2,5-6,9,12-14H2,(H2,27,28). The predicted molar refractivity (Wildman–Crippen MR) is 117 cm³/mol. The van der Waals surface area contributed by atoms with Crippen molar-refractivity contribution in [1.29, 1.82) is 0 Å². The molecule has 2 aromatic rings. The molecular formula is C22H26F4N4O2S. The fraction of sp³-hybridized carbons (Fsp3) is 0.500. The normalized spacial score (nSPS) is 20.6. The van der Waals surface area contributed by atoms with Gasteiger partial charge in [-0.2, -0.15) is 17.5 Å². The lowest BCUT2D eigenvalue weighted by molar-refractivity contribution is -0.0492. The van der Waals surface area contributed by atoms with Crippen LogP contribution in [0.2, 0.25) is 0 Å². The van der Waals surface area contributed by atoms with Gasteiger partial charge in [0, 0.05) is 24.8 Å². The average Bonchev–Trinajstić information content (AvgIpc) is 3.21. The number of nitrogens with zero attached hydrogens (tertiary/aromatic N) is 3. The first kappa shape index (κ1) is 23.7. The van der Waals surface area contributed by atoms with E-state index in [0.29, 0.717) is 33.6 Å². The number of hydrogen-bond acceptors (Lipinski definition) is 5. The van der Waals surface area contributed by atoms with Gasteiger partial charge in [-0.1, -0.05) is 43.9 Å². The highest BCUT2D eigenvalue weighted by Crippen LogP contribution is 2.38. The van der Waals surface area contributed by atoms with E-state index in [-0.39, 0.29) is 25.3 Å². The van der Waals surface area contributed by atoms with Crippen LogP contribution in [0.3, 0.4) is 0 Å². The van der Waals surface area contributed by atoms with E-state index in [1.165, 1.54) is 6.07 Å². The minimum Gasteiger partial charge on any atom is -0.396 e. The van der Waals surface area contributed by atoms with Crippen molar-refractivity contribution in [2.45, 2.75) is 56.7 Å². The summed E-state index contributed by atoms with van der Waals surface area (Å²) < 4.78 is 79.5. The van der Waals surface area contributed by atoms with Gasteiger partial charge in [0.25, 0.3) is 0 Å². The molecule has 33 heavy (non-hydrogen) atoms. The number of para-hydroxylation sites is 1. The highest BCUT2D eigenvalue weighted by atomic mass is 32.2. The van der Waals surface area contributed by atoms with Crippen LogP contribution in [0, 0.1) is 11.7 Å². The maximum absolute atomic E-state index is 13.6. The van der Waals surface area contributed by atoms with Crippen LogP contribution in [0.4, 0.5) is 28.9 Å². The molecule has 1 fully saturated rings. The zero-order valence-electron chi connectivity index (χ0n) is 17.9. The van der Waals surface area contributed by atoms with Crippen molar-refractivity contribution < 1.29 is 26.0 Å². The largest absolute Gasteiger partial charge is 0.511 e. The fourth-order valence-corrected chi connectivity index (χ4v) is 5.82. The number of benzene rings is 1. The molecule has 0 amide bonds. The summed E-state index contributed by atoms with van der Waals surface area (Å²) in [6, 6.07) is 7.72. The monoisotopic (exact) mass is 486 g/mol. The van der Waals surface area contributed by atoms with Crippen molar-refractivity contribution in [3.8, 4) is 0 Å². The van der Waals surface area contributed by atoms with Crippen LogP contribution in [-0.4, -0.2) is 35.8 Å². The molecule has 1 saturated carbocycles. The van der Waals surface area contributed by atoms with E-state index < -0.39 is 27.4 Å². The van der Waals surface area contributed by atoms with Crippen LogP contribution in [0.15, 0.2) is 36.5 Å². The zero-order chi connectivity index (χ0) is 23.8. The molecule has 11 heteroatoms. The molecule has 1 aliphatic heterocycles. The first-order valence-electron chi connectivity index (χ1n) is 10.9. The summed E-state index contributed by atoms with van der Waals surface area (Å²) in [6.45, 7) is -0.517. The Labute approximate surface area is 190 Å². The molecule has 1 atom stereocenters. The maximum Gasteiger partial charge on any atom is 0.511 e. The van der Waals surface area contributed by atoms with Gasteiger partial charge in [0.15, 0.2) is 5.82 Å². The summed E-state index contributed by atoms with van der Waals surface area (Å²) in [5.41, 5.74) is 1.80. The Morgan fingerprint density at radius 2 is 1.85 bits per heavy atom. The number of sulfonamides is 1. The Morgan fingerprint density at radius 3 is 2.52 bits per heavy atom. The first-order valence-corrected chi connectivity index (χ1v) is 12.3. The van der Waals surface area contributed by atoms with Crippen molar-refractivity contribution in [3.63, 3.8) is 0 Å². The van der Waals surface area contributed by atoms with E-state index in [0.717, 1.165) is 31.9 Å². The summed E-state index contributed by atoms with van der Waals surface area (Å²) in [5, 5.41) is 0. The molecule has 0 spiro atoms. The number of anilines is 2. The van der Waals surface area contributed by atoms with Crippen molar-refractivity contribution >= 4 is 21.4 Å². The summed E-state index contributed by atoms with van der Waals surface area (Å²) in [5.74, 6) is -0.357. The second-order valence-electron chi connectivity index (χ2n) is 8.74. The number of hydrogen-bond donors (Lipinski definition) is 1. The minimum absolute atomic E-state index is 0.0725. The van der Waals surface area contributed by atoms with Crippen LogP contribution in [0.5, 0.6) is 0 Å². The van der Waals surface area contributed by atoms with Gasteiger partial charge < -0.3 is 10.6 Å². The molecule has 180 valence electrons. The van der Waals surface area contributed by atoms with Crippen molar-refractivity contribution in [2.75, 3.05) is 17.2 Å². The third-order valence-electron chi connectivity index (χ3n) is 6.49. The summed E-state index contributed by atoms with van der Waals surface area (Å²) in [4.78, 5) is 6.00. The Hall–Kier alpha value is -2.40. The molecule has 2 N–H and O–H groups in total. The molecule has 1 aliphatic carbocycles. The highest BCUT2D eigenvalue weighted by molar-refractivity contribution is 7.89. The quantitative estimate of drug-likeness (QED) is 0.633. The lowest BCUT2D eigenvalue weighted by Gasteiger charge is -2.35. The Balaban J connectivity index is 1.76. The molecule has 6 nitrogen and oxygen atoms in total. The van der Waals surface area contributed by atoms with Gasteiger partial charge in [-0.25, -0.2) is 12.8 Å². The molecule has 1 unspecified atom stereocenters. The third kappa shape index (κ3) is 4.93. The predicted octanol–water partition coefficient (Wildman–Crippen LogP) is 4.42. The molecule has 4 rings (SSSR count). The van der Waals surface area contributed by atoms with Crippen molar-refractivity contribution in [2.24, 2.45) is 5.92 Å². The molecule has 0 bridgehead atoms. The number of rotatable bonds is 5. The van der Waals surface area contributed by atoms with E-state index in [4.69, 9.17) is 5.73 Å². The van der Waals surface area contributed by atoms with Crippen LogP contribution in [0.1, 0.15) is 43.4 Å². The number of alkyl halides is 3. The van der Waals surface area contributed by atoms with E-state index in [1.54, 1.807) is 24.3 Å². The second kappa shape index (κ2) is 9.09. The number of nitrogens with two attached hydrogens (primary N) is 1. The molecule has 1 aromatic heterocycles. The van der Waals surface area contributed by atoms with E-state index in [9.17, 15) is 26.0 Å². The Kier molecular flexibility index (Phi) is 6.54. The van der Waals surface area contributed by atoms with E-state index >= 15 is 0 Å². The highest BCUT2D eigenvalue weighted by Gasteiger charge is 2.51. The van der Waals surface area contributed by atoms with Crippen LogP contribution < -0.4 is 10.6 Å². The number of nitrogen functional groups attached to an aromatic ring is 1. The Bertz CT molecular complexity index is 1100. The van der Waals surface area contributed by atoms with Gasteiger partial charge in [-0.05, 0) is 30.0 Å². The Morgan fingerprint density at radius 1 is 1.15 bits per heavy atom. The van der Waals surface area contributed by atoms with Gasteiger partial charge in [-0.15, -0.1) is 0 Å². The summed E-state index contributed by atoms with van der Waals surface area (Å²) >= 11 is 0. The smallest absolute Gasteiger partial charge is 0.396 e. The molecule has 2 heterocycles. The van der Waals surface area contributed by atoms with Gasteiger partial charge in [0.2, 0.25) is 0 Å². The summed E-state index contributed by atoms with van der Waals surface area (Å²) in [7, 11) is -5.52. The third-order valence-corrected chi connectivity index (χ3v) is 8.03.